The van der Waals surface area contributed by atoms with Crippen LogP contribution in [0.3, 0.4) is 0 Å². The molecule has 0 spiro atoms. The summed E-state index contributed by atoms with van der Waals surface area (Å²) in [5.74, 6) is 0.789. The molecule has 0 aromatic heterocycles. The lowest BCUT2D eigenvalue weighted by Gasteiger charge is -2.12. The van der Waals surface area contributed by atoms with Crippen molar-refractivity contribution in [3.63, 3.8) is 0 Å². The molecule has 0 aromatic carbocycles. The molecule has 2 unspecified atom stereocenters. The van der Waals surface area contributed by atoms with Crippen molar-refractivity contribution < 1.29 is 4.79 Å². The van der Waals surface area contributed by atoms with Gasteiger partial charge in [-0.3, -0.25) is 4.79 Å². The molecule has 1 aliphatic carbocycles. The van der Waals surface area contributed by atoms with Gasteiger partial charge in [-0.1, -0.05) is 19.1 Å². The molecule has 1 saturated carbocycles. The number of hydrogen-bond acceptors (Lipinski definition) is 2. The number of allylic oxidation sites excluding steroid dienone is 2. The summed E-state index contributed by atoms with van der Waals surface area (Å²) in [6, 6.07) is 2.17. The predicted octanol–water partition coefficient (Wildman–Crippen LogP) is 2.85. The highest BCUT2D eigenvalue weighted by atomic mass is 16.1. The van der Waals surface area contributed by atoms with E-state index in [-0.39, 0.29) is 5.92 Å². The van der Waals surface area contributed by atoms with E-state index in [1.807, 2.05) is 0 Å². The smallest absolute Gasteiger partial charge is 0.136 e. The molecule has 0 N–H and O–H groups in total. The first-order valence-electron chi connectivity index (χ1n) is 5.34. The topological polar surface area (TPSA) is 40.9 Å². The van der Waals surface area contributed by atoms with E-state index < -0.39 is 0 Å². The SMILES string of the molecule is CCC=CCC1C(=O)CCC1CC#N. The standard InChI is InChI=1S/C12H17NO/c1-2-3-4-5-11-10(8-9-13)6-7-12(11)14/h3-4,10-11H,2,5-8H2,1H3. The Morgan fingerprint density at radius 2 is 2.36 bits per heavy atom. The van der Waals surface area contributed by atoms with Gasteiger partial charge in [0, 0.05) is 18.8 Å². The number of carbonyl (C=O) groups excluding carboxylic acids is 1. The zero-order valence-corrected chi connectivity index (χ0v) is 8.70. The third-order valence-corrected chi connectivity index (χ3v) is 2.89. The van der Waals surface area contributed by atoms with Crippen molar-refractivity contribution >= 4 is 5.78 Å². The van der Waals surface area contributed by atoms with E-state index in [9.17, 15) is 4.79 Å². The quantitative estimate of drug-likeness (QED) is 0.641. The van der Waals surface area contributed by atoms with Gasteiger partial charge in [0.05, 0.1) is 6.07 Å². The molecule has 0 aromatic rings. The molecule has 0 heterocycles. The van der Waals surface area contributed by atoms with Gasteiger partial charge in [-0.05, 0) is 25.2 Å². The maximum Gasteiger partial charge on any atom is 0.136 e. The number of rotatable bonds is 4. The van der Waals surface area contributed by atoms with Crippen molar-refractivity contribution in [3.8, 4) is 6.07 Å². The predicted molar refractivity (Wildman–Crippen MR) is 55.5 cm³/mol. The van der Waals surface area contributed by atoms with Crippen LogP contribution in [0.2, 0.25) is 0 Å². The van der Waals surface area contributed by atoms with Gasteiger partial charge in [0.2, 0.25) is 0 Å². The van der Waals surface area contributed by atoms with Crippen LogP contribution in [0.5, 0.6) is 0 Å². The van der Waals surface area contributed by atoms with Crippen LogP contribution in [-0.4, -0.2) is 5.78 Å². The number of nitriles is 1. The molecule has 0 bridgehead atoms. The Labute approximate surface area is 85.6 Å². The minimum absolute atomic E-state index is 0.123. The van der Waals surface area contributed by atoms with Crippen molar-refractivity contribution in [1.82, 2.24) is 0 Å². The lowest BCUT2D eigenvalue weighted by atomic mass is 9.90. The van der Waals surface area contributed by atoms with Crippen LogP contribution in [0.1, 0.15) is 39.0 Å². The fourth-order valence-electron chi connectivity index (χ4n) is 2.07. The van der Waals surface area contributed by atoms with Gasteiger partial charge in [0.25, 0.3) is 0 Å². The number of Topliss-reactive ketones (excluding diaryl/α,β-unsaturated/α-hetero) is 1. The highest BCUT2D eigenvalue weighted by Crippen LogP contribution is 2.33. The molecular formula is C12H17NO. The summed E-state index contributed by atoms with van der Waals surface area (Å²) in [4.78, 5) is 11.5. The summed E-state index contributed by atoms with van der Waals surface area (Å²) in [6.45, 7) is 2.08. The number of nitrogens with zero attached hydrogens (tertiary/aromatic N) is 1. The molecule has 1 rings (SSSR count). The van der Waals surface area contributed by atoms with E-state index in [0.717, 1.165) is 19.3 Å². The number of hydrogen-bond donors (Lipinski definition) is 0. The highest BCUT2D eigenvalue weighted by molar-refractivity contribution is 5.83. The molecule has 76 valence electrons. The van der Waals surface area contributed by atoms with E-state index in [2.05, 4.69) is 25.1 Å². The third-order valence-electron chi connectivity index (χ3n) is 2.89. The molecule has 2 atom stereocenters. The molecule has 1 fully saturated rings. The van der Waals surface area contributed by atoms with E-state index in [1.165, 1.54) is 0 Å². The summed E-state index contributed by atoms with van der Waals surface area (Å²) in [7, 11) is 0. The van der Waals surface area contributed by atoms with E-state index in [1.54, 1.807) is 0 Å². The molecule has 0 saturated heterocycles. The Morgan fingerprint density at radius 1 is 1.57 bits per heavy atom. The molecule has 2 heteroatoms. The molecule has 14 heavy (non-hydrogen) atoms. The summed E-state index contributed by atoms with van der Waals surface area (Å²) in [5, 5.41) is 8.62. The van der Waals surface area contributed by atoms with Crippen molar-refractivity contribution in [2.45, 2.75) is 39.0 Å². The average Bonchev–Trinajstić information content (AvgIpc) is 2.50. The second kappa shape index (κ2) is 5.59. The summed E-state index contributed by atoms with van der Waals surface area (Å²) < 4.78 is 0. The van der Waals surface area contributed by atoms with Gasteiger partial charge in [-0.15, -0.1) is 0 Å². The Balaban J connectivity index is 2.50. The van der Waals surface area contributed by atoms with Gasteiger partial charge in [-0.25, -0.2) is 0 Å². The second-order valence-electron chi connectivity index (χ2n) is 3.85. The maximum absolute atomic E-state index is 11.5. The van der Waals surface area contributed by atoms with Crippen LogP contribution in [0.15, 0.2) is 12.2 Å². The first-order valence-corrected chi connectivity index (χ1v) is 5.34. The zero-order chi connectivity index (χ0) is 10.4. The zero-order valence-electron chi connectivity index (χ0n) is 8.70. The normalized spacial score (nSPS) is 27.0. The monoisotopic (exact) mass is 191 g/mol. The van der Waals surface area contributed by atoms with Crippen molar-refractivity contribution in [1.29, 1.82) is 5.26 Å². The van der Waals surface area contributed by atoms with Crippen LogP contribution in [0, 0.1) is 23.2 Å². The van der Waals surface area contributed by atoms with Gasteiger partial charge in [0.15, 0.2) is 0 Å². The lowest BCUT2D eigenvalue weighted by molar-refractivity contribution is -0.121. The Bertz CT molecular complexity index is 262. The number of carbonyl (C=O) groups is 1. The minimum atomic E-state index is 0.123. The molecule has 0 amide bonds. The van der Waals surface area contributed by atoms with Crippen molar-refractivity contribution in [3.05, 3.63) is 12.2 Å². The van der Waals surface area contributed by atoms with E-state index >= 15 is 0 Å². The first-order chi connectivity index (χ1) is 6.79. The van der Waals surface area contributed by atoms with Crippen LogP contribution in [0.4, 0.5) is 0 Å². The Kier molecular flexibility index (Phi) is 4.39. The number of ketones is 1. The molecule has 0 aliphatic heterocycles. The van der Waals surface area contributed by atoms with Crippen molar-refractivity contribution in [2.75, 3.05) is 0 Å². The van der Waals surface area contributed by atoms with Crippen LogP contribution in [-0.2, 0) is 4.79 Å². The van der Waals surface area contributed by atoms with Crippen LogP contribution >= 0.6 is 0 Å². The van der Waals surface area contributed by atoms with Crippen molar-refractivity contribution in [2.24, 2.45) is 11.8 Å². The van der Waals surface area contributed by atoms with Gasteiger partial charge in [-0.2, -0.15) is 5.26 Å². The minimum Gasteiger partial charge on any atom is -0.299 e. The first kappa shape index (κ1) is 11.0. The molecule has 0 radical (unpaired) electrons. The summed E-state index contributed by atoms with van der Waals surface area (Å²) >= 11 is 0. The van der Waals surface area contributed by atoms with Crippen LogP contribution in [0.25, 0.3) is 0 Å². The molecule has 2 nitrogen and oxygen atoms in total. The maximum atomic E-state index is 11.5. The molecule has 1 aliphatic rings. The summed E-state index contributed by atoms with van der Waals surface area (Å²) in [5.41, 5.74) is 0. The van der Waals surface area contributed by atoms with Gasteiger partial charge < -0.3 is 0 Å². The Hall–Kier alpha value is -1.10. The van der Waals surface area contributed by atoms with Crippen LogP contribution < -0.4 is 0 Å². The fraction of sp³-hybridized carbons (Fsp3) is 0.667. The Morgan fingerprint density at radius 3 is 3.00 bits per heavy atom. The average molecular weight is 191 g/mol. The van der Waals surface area contributed by atoms with Gasteiger partial charge in [0.1, 0.15) is 5.78 Å². The largest absolute Gasteiger partial charge is 0.299 e. The third kappa shape index (κ3) is 2.70. The second-order valence-corrected chi connectivity index (χ2v) is 3.85. The summed E-state index contributed by atoms with van der Waals surface area (Å²) in [6.07, 6.45) is 8.15. The van der Waals surface area contributed by atoms with Gasteiger partial charge >= 0.3 is 0 Å². The lowest BCUT2D eigenvalue weighted by Crippen LogP contribution is -2.13. The van der Waals surface area contributed by atoms with E-state index in [4.69, 9.17) is 5.26 Å². The highest BCUT2D eigenvalue weighted by Gasteiger charge is 2.33. The fourth-order valence-corrected chi connectivity index (χ4v) is 2.07. The molecular weight excluding hydrogens is 174 g/mol. The van der Waals surface area contributed by atoms with E-state index in [0.29, 0.717) is 24.5 Å².